The summed E-state index contributed by atoms with van der Waals surface area (Å²) in [5, 5.41) is 3.08. The largest absolute Gasteiger partial charge is 0.327 e. The zero-order valence-electron chi connectivity index (χ0n) is 15.7. The van der Waals surface area contributed by atoms with Gasteiger partial charge >= 0.3 is 6.03 Å². The zero-order valence-corrected chi connectivity index (χ0v) is 15.7. The second-order valence-electron chi connectivity index (χ2n) is 7.92. The molecular weight excluding hydrogens is 336 g/mol. The maximum Gasteiger partial charge on any atom is 0.327 e. The number of hydrogen-bond donors (Lipinski definition) is 1. The first kappa shape index (κ1) is 16.8. The first-order chi connectivity index (χ1) is 13.3. The van der Waals surface area contributed by atoms with Crippen LogP contribution < -0.4 is 10.2 Å². The van der Waals surface area contributed by atoms with Crippen LogP contribution in [-0.4, -0.2) is 41.6 Å². The van der Waals surface area contributed by atoms with Gasteiger partial charge in [0.15, 0.2) is 0 Å². The fourth-order valence-corrected chi connectivity index (χ4v) is 4.53. The average molecular weight is 362 g/mol. The number of amides is 2. The van der Waals surface area contributed by atoms with Gasteiger partial charge in [-0.05, 0) is 67.0 Å². The van der Waals surface area contributed by atoms with Crippen molar-refractivity contribution in [3.05, 3.63) is 53.2 Å². The van der Waals surface area contributed by atoms with Crippen molar-refractivity contribution < 1.29 is 4.79 Å². The van der Waals surface area contributed by atoms with Gasteiger partial charge in [-0.15, -0.1) is 0 Å². The molecule has 0 radical (unpaired) electrons. The highest BCUT2D eigenvalue weighted by Crippen LogP contribution is 2.29. The molecule has 3 aliphatic rings. The summed E-state index contributed by atoms with van der Waals surface area (Å²) in [7, 11) is 0. The van der Waals surface area contributed by atoms with Gasteiger partial charge in [0.2, 0.25) is 0 Å². The Balaban J connectivity index is 1.28. The Kier molecular flexibility index (Phi) is 4.32. The number of urea groups is 1. The van der Waals surface area contributed by atoms with E-state index < -0.39 is 0 Å². The van der Waals surface area contributed by atoms with E-state index in [0.717, 1.165) is 48.9 Å². The van der Waals surface area contributed by atoms with Gasteiger partial charge in [-0.3, -0.25) is 9.80 Å². The molecule has 0 unspecified atom stereocenters. The van der Waals surface area contributed by atoms with Gasteiger partial charge in [-0.25, -0.2) is 9.78 Å². The number of carbonyl (C=O) groups is 1. The first-order valence-corrected chi connectivity index (χ1v) is 10.2. The molecule has 2 aromatic rings. The molecule has 0 atom stereocenters. The number of anilines is 2. The minimum Gasteiger partial charge on any atom is -0.307 e. The van der Waals surface area contributed by atoms with Crippen LogP contribution in [0.2, 0.25) is 0 Å². The van der Waals surface area contributed by atoms with Crippen molar-refractivity contribution >= 4 is 17.5 Å². The van der Waals surface area contributed by atoms with Crippen LogP contribution in [0.3, 0.4) is 0 Å². The van der Waals surface area contributed by atoms with E-state index in [-0.39, 0.29) is 6.03 Å². The maximum absolute atomic E-state index is 12.8. The predicted octanol–water partition coefficient (Wildman–Crippen LogP) is 3.63. The number of benzene rings is 1. The summed E-state index contributed by atoms with van der Waals surface area (Å²) in [6.45, 7) is 3.00. The summed E-state index contributed by atoms with van der Waals surface area (Å²) < 4.78 is 0. The minimum atomic E-state index is -0.0860. The standard InChI is InChI=1S/C22H26N4O/c27-22(26-14-10-17-3-2-11-23-21(17)26)24-19-7-6-16-8-12-25(20-4-1-5-20)13-9-18(16)15-19/h2-3,6-7,11,15,20H,1,4-5,8-10,12-14H2,(H,24,27). The molecule has 5 rings (SSSR count). The number of nitrogens with zero attached hydrogens (tertiary/aromatic N) is 3. The number of rotatable bonds is 2. The van der Waals surface area contributed by atoms with E-state index in [1.54, 1.807) is 11.1 Å². The normalized spacial score (nSPS) is 19.8. The Hall–Kier alpha value is -2.40. The highest BCUT2D eigenvalue weighted by molar-refractivity contribution is 6.02. The summed E-state index contributed by atoms with van der Waals surface area (Å²) in [6.07, 6.45) is 8.93. The van der Waals surface area contributed by atoms with E-state index in [1.165, 1.54) is 36.9 Å². The second kappa shape index (κ2) is 6.97. The third kappa shape index (κ3) is 3.21. The molecule has 1 aromatic carbocycles. The topological polar surface area (TPSA) is 48.5 Å². The van der Waals surface area contributed by atoms with Crippen LogP contribution in [0.15, 0.2) is 36.5 Å². The zero-order chi connectivity index (χ0) is 18.2. The number of fused-ring (bicyclic) bond motifs is 2. The van der Waals surface area contributed by atoms with Crippen molar-refractivity contribution in [3.8, 4) is 0 Å². The van der Waals surface area contributed by atoms with Crippen LogP contribution >= 0.6 is 0 Å². The summed E-state index contributed by atoms with van der Waals surface area (Å²) >= 11 is 0. The Morgan fingerprint density at radius 1 is 1.00 bits per heavy atom. The number of carbonyl (C=O) groups excluding carboxylic acids is 1. The fraction of sp³-hybridized carbons (Fsp3) is 0.455. The van der Waals surface area contributed by atoms with Crippen LogP contribution in [0, 0.1) is 0 Å². The molecule has 0 bridgehead atoms. The highest BCUT2D eigenvalue weighted by atomic mass is 16.2. The average Bonchev–Trinajstić information content (AvgIpc) is 2.97. The minimum absolute atomic E-state index is 0.0860. The predicted molar refractivity (Wildman–Crippen MR) is 107 cm³/mol. The number of aromatic nitrogens is 1. The van der Waals surface area contributed by atoms with Crippen LogP contribution in [0.5, 0.6) is 0 Å². The molecular formula is C22H26N4O. The Morgan fingerprint density at radius 3 is 2.63 bits per heavy atom. The molecule has 140 valence electrons. The van der Waals surface area contributed by atoms with Crippen LogP contribution in [0.4, 0.5) is 16.3 Å². The van der Waals surface area contributed by atoms with Gasteiger partial charge in [0, 0.05) is 37.6 Å². The molecule has 3 heterocycles. The van der Waals surface area contributed by atoms with E-state index in [0.29, 0.717) is 6.54 Å². The van der Waals surface area contributed by atoms with Gasteiger partial charge in [0.25, 0.3) is 0 Å². The van der Waals surface area contributed by atoms with E-state index in [1.807, 2.05) is 18.2 Å². The summed E-state index contributed by atoms with van der Waals surface area (Å²) in [5.74, 6) is 0.793. The molecule has 0 saturated heterocycles. The number of hydrogen-bond acceptors (Lipinski definition) is 3. The van der Waals surface area contributed by atoms with E-state index in [4.69, 9.17) is 0 Å². The van der Waals surface area contributed by atoms with Gasteiger partial charge in [0.1, 0.15) is 5.82 Å². The molecule has 1 N–H and O–H groups in total. The molecule has 0 spiro atoms. The van der Waals surface area contributed by atoms with Crippen molar-refractivity contribution in [3.63, 3.8) is 0 Å². The number of pyridine rings is 1. The lowest BCUT2D eigenvalue weighted by Crippen LogP contribution is -2.41. The quantitative estimate of drug-likeness (QED) is 0.887. The fourth-order valence-electron chi connectivity index (χ4n) is 4.53. The van der Waals surface area contributed by atoms with E-state index in [9.17, 15) is 4.79 Å². The van der Waals surface area contributed by atoms with Gasteiger partial charge in [-0.2, -0.15) is 0 Å². The van der Waals surface area contributed by atoms with E-state index >= 15 is 0 Å². The Labute approximate surface area is 160 Å². The molecule has 2 aliphatic heterocycles. The molecule has 1 saturated carbocycles. The lowest BCUT2D eigenvalue weighted by atomic mass is 9.91. The molecule has 1 aromatic heterocycles. The van der Waals surface area contributed by atoms with E-state index in [2.05, 4.69) is 27.3 Å². The maximum atomic E-state index is 12.8. The second-order valence-corrected chi connectivity index (χ2v) is 7.92. The molecule has 1 fully saturated rings. The van der Waals surface area contributed by atoms with Gasteiger partial charge in [-0.1, -0.05) is 18.6 Å². The smallest absolute Gasteiger partial charge is 0.307 e. The monoisotopic (exact) mass is 362 g/mol. The highest BCUT2D eigenvalue weighted by Gasteiger charge is 2.27. The Bertz CT molecular complexity index is 861. The molecule has 1 aliphatic carbocycles. The van der Waals surface area contributed by atoms with Crippen LogP contribution in [0.1, 0.15) is 36.0 Å². The van der Waals surface area contributed by atoms with Crippen molar-refractivity contribution in [1.29, 1.82) is 0 Å². The third-order valence-electron chi connectivity index (χ3n) is 6.36. The molecule has 27 heavy (non-hydrogen) atoms. The first-order valence-electron chi connectivity index (χ1n) is 10.2. The van der Waals surface area contributed by atoms with Crippen LogP contribution in [0.25, 0.3) is 0 Å². The van der Waals surface area contributed by atoms with Crippen molar-refractivity contribution in [2.75, 3.05) is 29.9 Å². The van der Waals surface area contributed by atoms with Gasteiger partial charge in [0.05, 0.1) is 0 Å². The lowest BCUT2D eigenvalue weighted by Gasteiger charge is -2.36. The summed E-state index contributed by atoms with van der Waals surface area (Å²) in [4.78, 5) is 21.6. The third-order valence-corrected chi connectivity index (χ3v) is 6.36. The van der Waals surface area contributed by atoms with Crippen molar-refractivity contribution in [1.82, 2.24) is 9.88 Å². The molecule has 5 heteroatoms. The van der Waals surface area contributed by atoms with Crippen molar-refractivity contribution in [2.24, 2.45) is 0 Å². The van der Waals surface area contributed by atoms with Crippen molar-refractivity contribution in [2.45, 2.75) is 44.6 Å². The van der Waals surface area contributed by atoms with Crippen LogP contribution in [-0.2, 0) is 19.3 Å². The molecule has 5 nitrogen and oxygen atoms in total. The summed E-state index contributed by atoms with van der Waals surface area (Å²) in [6, 6.07) is 11.1. The Morgan fingerprint density at radius 2 is 1.81 bits per heavy atom. The summed E-state index contributed by atoms with van der Waals surface area (Å²) in [5.41, 5.74) is 4.85. The van der Waals surface area contributed by atoms with Gasteiger partial charge < -0.3 is 5.32 Å². The number of nitrogens with one attached hydrogen (secondary N) is 1. The lowest BCUT2D eigenvalue weighted by molar-refractivity contribution is 0.133. The SMILES string of the molecule is O=C(Nc1ccc2c(c1)CCN(C1CCC1)CC2)N1CCc2cccnc21. The molecule has 2 amide bonds.